The van der Waals surface area contributed by atoms with E-state index < -0.39 is 0 Å². The first-order valence-corrected chi connectivity index (χ1v) is 7.20. The summed E-state index contributed by atoms with van der Waals surface area (Å²) in [5.74, 6) is 1.24. The average molecular weight is 280 g/mol. The molecule has 104 valence electrons. The predicted octanol–water partition coefficient (Wildman–Crippen LogP) is 1.88. The molecule has 6 heteroatoms. The van der Waals surface area contributed by atoms with Crippen molar-refractivity contribution >= 4 is 23.9 Å². The molecule has 0 atom stereocenters. The molecule has 1 aromatic heterocycles. The molecule has 19 heavy (non-hydrogen) atoms. The molecule has 2 rings (SSSR count). The second kappa shape index (κ2) is 6.65. The van der Waals surface area contributed by atoms with Crippen molar-refractivity contribution in [2.45, 2.75) is 26.2 Å². The highest BCUT2D eigenvalue weighted by molar-refractivity contribution is 7.71. The first-order chi connectivity index (χ1) is 9.20. The predicted molar refractivity (Wildman–Crippen MR) is 77.7 cm³/mol. The molecule has 0 aromatic carbocycles. The Morgan fingerprint density at radius 1 is 1.53 bits per heavy atom. The second-order valence-electron chi connectivity index (χ2n) is 4.83. The summed E-state index contributed by atoms with van der Waals surface area (Å²) in [6.07, 6.45) is 2.75. The summed E-state index contributed by atoms with van der Waals surface area (Å²) in [7, 11) is 0. The maximum absolute atomic E-state index is 11.9. The van der Waals surface area contributed by atoms with Gasteiger partial charge >= 0.3 is 0 Å². The van der Waals surface area contributed by atoms with Gasteiger partial charge < -0.3 is 10.2 Å². The monoisotopic (exact) mass is 280 g/mol. The lowest BCUT2D eigenvalue weighted by atomic mass is 9.96. The highest BCUT2D eigenvalue weighted by atomic mass is 32.1. The standard InChI is InChI=1S/C13H20N4OS/c1-2-7-14-13(18)10-5-8-17(9-6-10)11-3-4-12(19)16-15-11/h3-4,10H,2,5-9H2,1H3,(H,14,18)(H,16,19). The summed E-state index contributed by atoms with van der Waals surface area (Å²) < 4.78 is 0.637. The number of carbonyl (C=O) groups excluding carboxylic acids is 1. The quantitative estimate of drug-likeness (QED) is 0.827. The van der Waals surface area contributed by atoms with Gasteiger partial charge in [-0.2, -0.15) is 5.10 Å². The van der Waals surface area contributed by atoms with Crippen molar-refractivity contribution in [1.82, 2.24) is 15.5 Å². The molecule has 1 amide bonds. The molecule has 0 unspecified atom stereocenters. The Morgan fingerprint density at radius 2 is 2.26 bits per heavy atom. The van der Waals surface area contributed by atoms with E-state index in [9.17, 15) is 4.79 Å². The first kappa shape index (κ1) is 14.0. The summed E-state index contributed by atoms with van der Waals surface area (Å²) >= 11 is 4.98. The lowest BCUT2D eigenvalue weighted by Gasteiger charge is -2.31. The van der Waals surface area contributed by atoms with Gasteiger partial charge in [0.05, 0.1) is 0 Å². The summed E-state index contributed by atoms with van der Waals surface area (Å²) in [4.78, 5) is 14.1. The number of rotatable bonds is 4. The SMILES string of the molecule is CCCNC(=O)C1CCN(c2ccc(=S)[nH]n2)CC1. The average Bonchev–Trinajstić information content (AvgIpc) is 2.46. The van der Waals surface area contributed by atoms with Crippen molar-refractivity contribution in [2.75, 3.05) is 24.5 Å². The number of H-pyrrole nitrogens is 1. The molecule has 2 heterocycles. The molecule has 0 radical (unpaired) electrons. The van der Waals surface area contributed by atoms with E-state index in [0.717, 1.165) is 44.7 Å². The number of aromatic nitrogens is 2. The largest absolute Gasteiger partial charge is 0.356 e. The van der Waals surface area contributed by atoms with Gasteiger partial charge in [0.15, 0.2) is 0 Å². The van der Waals surface area contributed by atoms with Crippen LogP contribution >= 0.6 is 12.2 Å². The van der Waals surface area contributed by atoms with E-state index in [1.165, 1.54) is 0 Å². The van der Waals surface area contributed by atoms with Gasteiger partial charge in [0.1, 0.15) is 10.5 Å². The van der Waals surface area contributed by atoms with Crippen molar-refractivity contribution in [3.05, 3.63) is 16.8 Å². The third-order valence-electron chi connectivity index (χ3n) is 3.40. The van der Waals surface area contributed by atoms with Crippen molar-refractivity contribution in [1.29, 1.82) is 0 Å². The molecular formula is C13H20N4OS. The topological polar surface area (TPSA) is 61.0 Å². The van der Waals surface area contributed by atoms with Crippen LogP contribution in [0.5, 0.6) is 0 Å². The van der Waals surface area contributed by atoms with Crippen molar-refractivity contribution in [2.24, 2.45) is 5.92 Å². The van der Waals surface area contributed by atoms with Gasteiger partial charge in [-0.05, 0) is 31.4 Å². The maximum atomic E-state index is 11.9. The van der Waals surface area contributed by atoms with Crippen molar-refractivity contribution in [3.8, 4) is 0 Å². The number of anilines is 1. The van der Waals surface area contributed by atoms with Gasteiger partial charge in [-0.1, -0.05) is 19.1 Å². The van der Waals surface area contributed by atoms with Crippen molar-refractivity contribution in [3.63, 3.8) is 0 Å². The Balaban J connectivity index is 1.87. The smallest absolute Gasteiger partial charge is 0.223 e. The summed E-state index contributed by atoms with van der Waals surface area (Å²) in [5, 5.41) is 9.99. The first-order valence-electron chi connectivity index (χ1n) is 6.79. The number of nitrogens with zero attached hydrogens (tertiary/aromatic N) is 2. The van der Waals surface area contributed by atoms with Gasteiger partial charge in [0.2, 0.25) is 5.91 Å². The van der Waals surface area contributed by atoms with E-state index in [1.807, 2.05) is 12.1 Å². The Morgan fingerprint density at radius 3 is 2.84 bits per heavy atom. The van der Waals surface area contributed by atoms with Crippen LogP contribution in [0.4, 0.5) is 5.82 Å². The number of nitrogens with one attached hydrogen (secondary N) is 2. The molecule has 0 aliphatic carbocycles. The van der Waals surface area contributed by atoms with E-state index in [1.54, 1.807) is 0 Å². The lowest BCUT2D eigenvalue weighted by Crippen LogP contribution is -2.41. The number of hydrogen-bond acceptors (Lipinski definition) is 4. The fourth-order valence-corrected chi connectivity index (χ4v) is 2.39. The van der Waals surface area contributed by atoms with E-state index in [0.29, 0.717) is 4.64 Å². The maximum Gasteiger partial charge on any atom is 0.223 e. The number of aromatic amines is 1. The van der Waals surface area contributed by atoms with Gasteiger partial charge in [-0.15, -0.1) is 0 Å². The second-order valence-corrected chi connectivity index (χ2v) is 5.27. The van der Waals surface area contributed by atoms with E-state index in [2.05, 4.69) is 27.3 Å². The Bertz CT molecular complexity index is 459. The number of carbonyl (C=O) groups is 1. The van der Waals surface area contributed by atoms with Gasteiger partial charge in [0.25, 0.3) is 0 Å². The molecule has 5 nitrogen and oxygen atoms in total. The molecule has 0 saturated carbocycles. The molecule has 1 saturated heterocycles. The molecule has 1 aliphatic rings. The van der Waals surface area contributed by atoms with E-state index >= 15 is 0 Å². The van der Waals surface area contributed by atoms with Crippen LogP contribution in [-0.2, 0) is 4.79 Å². The van der Waals surface area contributed by atoms with Crippen molar-refractivity contribution < 1.29 is 4.79 Å². The molecule has 1 fully saturated rings. The Hall–Kier alpha value is -1.43. The summed E-state index contributed by atoms with van der Waals surface area (Å²) in [6, 6.07) is 3.77. The third kappa shape index (κ3) is 3.76. The number of amides is 1. The van der Waals surface area contributed by atoms with Gasteiger partial charge in [0, 0.05) is 25.6 Å². The highest BCUT2D eigenvalue weighted by Gasteiger charge is 2.25. The van der Waals surface area contributed by atoms with Gasteiger partial charge in [-0.3, -0.25) is 9.89 Å². The molecule has 0 bridgehead atoms. The molecular weight excluding hydrogens is 260 g/mol. The van der Waals surface area contributed by atoms with Crippen LogP contribution in [0.15, 0.2) is 12.1 Å². The minimum atomic E-state index is 0.144. The Kier molecular flexibility index (Phi) is 4.90. The molecule has 1 aromatic rings. The lowest BCUT2D eigenvalue weighted by molar-refractivity contribution is -0.125. The van der Waals surface area contributed by atoms with Crippen LogP contribution in [0.2, 0.25) is 0 Å². The highest BCUT2D eigenvalue weighted by Crippen LogP contribution is 2.21. The van der Waals surface area contributed by atoms with E-state index in [-0.39, 0.29) is 11.8 Å². The Labute approximate surface area is 118 Å². The molecule has 1 aliphatic heterocycles. The fraction of sp³-hybridized carbons (Fsp3) is 0.615. The zero-order valence-corrected chi connectivity index (χ0v) is 12.0. The van der Waals surface area contributed by atoms with Crippen LogP contribution in [0.25, 0.3) is 0 Å². The normalized spacial score (nSPS) is 16.4. The summed E-state index contributed by atoms with van der Waals surface area (Å²) in [6.45, 7) is 4.56. The molecule has 0 spiro atoms. The van der Waals surface area contributed by atoms with Crippen LogP contribution in [0.3, 0.4) is 0 Å². The van der Waals surface area contributed by atoms with Crippen LogP contribution < -0.4 is 10.2 Å². The third-order valence-corrected chi connectivity index (χ3v) is 3.63. The minimum Gasteiger partial charge on any atom is -0.356 e. The fourth-order valence-electron chi connectivity index (χ4n) is 2.28. The van der Waals surface area contributed by atoms with Crippen LogP contribution in [0.1, 0.15) is 26.2 Å². The number of hydrogen-bond donors (Lipinski definition) is 2. The van der Waals surface area contributed by atoms with Crippen LogP contribution in [-0.4, -0.2) is 35.7 Å². The molecule has 2 N–H and O–H groups in total. The van der Waals surface area contributed by atoms with Crippen LogP contribution in [0, 0.1) is 10.6 Å². The van der Waals surface area contributed by atoms with E-state index in [4.69, 9.17) is 12.2 Å². The van der Waals surface area contributed by atoms with Gasteiger partial charge in [-0.25, -0.2) is 0 Å². The summed E-state index contributed by atoms with van der Waals surface area (Å²) in [5.41, 5.74) is 0. The number of piperidine rings is 1. The zero-order chi connectivity index (χ0) is 13.7. The minimum absolute atomic E-state index is 0.144. The zero-order valence-electron chi connectivity index (χ0n) is 11.2.